The van der Waals surface area contributed by atoms with E-state index in [-0.39, 0.29) is 40.1 Å². The first-order valence-corrected chi connectivity index (χ1v) is 13.0. The number of pyridine rings is 1. The number of sulfonamides is 1. The molecule has 2 heterocycles. The summed E-state index contributed by atoms with van der Waals surface area (Å²) in [6.45, 7) is 2.98. The van der Waals surface area contributed by atoms with E-state index in [4.69, 9.17) is 0 Å². The summed E-state index contributed by atoms with van der Waals surface area (Å²) in [4.78, 5) is 16.3. The fraction of sp³-hybridized carbons (Fsp3) is 0.417. The normalized spacial score (nSPS) is 19.8. The molecule has 194 valence electrons. The molecule has 0 radical (unpaired) electrons. The van der Waals surface area contributed by atoms with Gasteiger partial charge in [-0.1, -0.05) is 18.2 Å². The van der Waals surface area contributed by atoms with Crippen molar-refractivity contribution in [3.8, 4) is 0 Å². The van der Waals surface area contributed by atoms with E-state index in [1.54, 1.807) is 19.1 Å². The molecule has 1 aliphatic carbocycles. The van der Waals surface area contributed by atoms with Gasteiger partial charge in [-0.15, -0.1) is 0 Å². The number of nitrogens with zero attached hydrogens (tertiary/aromatic N) is 2. The van der Waals surface area contributed by atoms with Gasteiger partial charge in [-0.25, -0.2) is 22.5 Å². The predicted molar refractivity (Wildman–Crippen MR) is 124 cm³/mol. The SMILES string of the molecule is Cc1c(C(F)(F)F)nc2cccc(S(=O)(=O)NC3CCC(C(=O)N[C@H](C)c4ccc(F)cc4)CC3)n12. The zero-order valence-electron chi connectivity index (χ0n) is 19.6. The van der Waals surface area contributed by atoms with E-state index < -0.39 is 27.9 Å². The van der Waals surface area contributed by atoms with Gasteiger partial charge in [0.15, 0.2) is 10.7 Å². The second-order valence-corrected chi connectivity index (χ2v) is 10.7. The predicted octanol–water partition coefficient (Wildman–Crippen LogP) is 4.52. The van der Waals surface area contributed by atoms with Crippen LogP contribution in [0.3, 0.4) is 0 Å². The Morgan fingerprint density at radius 3 is 2.33 bits per heavy atom. The topological polar surface area (TPSA) is 92.6 Å². The van der Waals surface area contributed by atoms with Crippen molar-refractivity contribution < 1.29 is 30.8 Å². The number of hydrogen-bond donors (Lipinski definition) is 2. The molecule has 7 nitrogen and oxygen atoms in total. The Labute approximate surface area is 206 Å². The molecule has 0 aliphatic heterocycles. The van der Waals surface area contributed by atoms with Gasteiger partial charge in [0.05, 0.1) is 11.7 Å². The third-order valence-electron chi connectivity index (χ3n) is 6.53. The molecule has 1 aromatic carbocycles. The molecule has 0 bridgehead atoms. The monoisotopic (exact) mass is 526 g/mol. The van der Waals surface area contributed by atoms with E-state index in [1.807, 2.05) is 0 Å². The van der Waals surface area contributed by atoms with Crippen molar-refractivity contribution in [2.24, 2.45) is 5.92 Å². The number of hydrogen-bond acceptors (Lipinski definition) is 4. The van der Waals surface area contributed by atoms with Gasteiger partial charge in [-0.2, -0.15) is 13.2 Å². The van der Waals surface area contributed by atoms with Crippen LogP contribution >= 0.6 is 0 Å². The average Bonchev–Trinajstić information content (AvgIpc) is 3.17. The zero-order valence-corrected chi connectivity index (χ0v) is 20.5. The standard InChI is InChI=1S/C24H26F4N4O3S/c1-14(16-6-10-18(25)11-7-16)29-23(33)17-8-12-19(13-9-17)31-36(34,35)21-5-3-4-20-30-22(24(26,27)28)15(2)32(20)21/h3-7,10-11,14,17,19,31H,8-9,12-13H2,1-2H3,(H,29,33)/t14-,17?,19?/m1/s1. The first kappa shape index (κ1) is 26.1. The summed E-state index contributed by atoms with van der Waals surface area (Å²) in [6.07, 6.45) is -3.02. The zero-order chi connectivity index (χ0) is 26.3. The number of alkyl halides is 3. The van der Waals surface area contributed by atoms with Crippen LogP contribution < -0.4 is 10.0 Å². The van der Waals surface area contributed by atoms with Crippen molar-refractivity contribution >= 4 is 21.6 Å². The van der Waals surface area contributed by atoms with Gasteiger partial charge in [0.1, 0.15) is 11.5 Å². The highest BCUT2D eigenvalue weighted by Crippen LogP contribution is 2.33. The first-order chi connectivity index (χ1) is 16.9. The first-order valence-electron chi connectivity index (χ1n) is 11.5. The molecular weight excluding hydrogens is 500 g/mol. The molecule has 12 heteroatoms. The van der Waals surface area contributed by atoms with Gasteiger partial charge < -0.3 is 5.32 Å². The molecule has 36 heavy (non-hydrogen) atoms. The molecule has 1 amide bonds. The minimum absolute atomic E-state index is 0.113. The number of aryl methyl sites for hydroxylation is 1. The molecule has 0 unspecified atom stereocenters. The van der Waals surface area contributed by atoms with Crippen LogP contribution in [-0.2, 0) is 21.0 Å². The number of benzene rings is 1. The Morgan fingerprint density at radius 2 is 1.72 bits per heavy atom. The minimum atomic E-state index is -4.71. The van der Waals surface area contributed by atoms with Gasteiger partial charge >= 0.3 is 6.18 Å². The van der Waals surface area contributed by atoms with Gasteiger partial charge in [-0.3, -0.25) is 9.20 Å². The minimum Gasteiger partial charge on any atom is -0.349 e. The summed E-state index contributed by atoms with van der Waals surface area (Å²) in [5.74, 6) is -0.827. The Hall–Kier alpha value is -2.99. The van der Waals surface area contributed by atoms with E-state index in [9.17, 15) is 30.8 Å². The molecule has 1 fully saturated rings. The maximum Gasteiger partial charge on any atom is 0.435 e. The maximum absolute atomic E-state index is 13.3. The molecular formula is C24H26F4N4O3S. The number of halogens is 4. The molecule has 1 saturated carbocycles. The molecule has 4 rings (SSSR count). The lowest BCUT2D eigenvalue weighted by atomic mass is 9.85. The third-order valence-corrected chi connectivity index (χ3v) is 8.04. The van der Waals surface area contributed by atoms with Crippen LogP contribution in [0.5, 0.6) is 0 Å². The van der Waals surface area contributed by atoms with E-state index in [0.717, 1.165) is 9.96 Å². The van der Waals surface area contributed by atoms with Crippen molar-refractivity contribution in [1.29, 1.82) is 0 Å². The lowest BCUT2D eigenvalue weighted by Crippen LogP contribution is -2.41. The van der Waals surface area contributed by atoms with Crippen molar-refractivity contribution in [2.75, 3.05) is 0 Å². The Balaban J connectivity index is 1.41. The van der Waals surface area contributed by atoms with E-state index >= 15 is 0 Å². The van der Waals surface area contributed by atoms with Crippen molar-refractivity contribution in [2.45, 2.75) is 62.8 Å². The van der Waals surface area contributed by atoms with Crippen molar-refractivity contribution in [3.05, 3.63) is 65.2 Å². The second kappa shape index (κ2) is 9.81. The number of imidazole rings is 1. The molecule has 2 N–H and O–H groups in total. The highest BCUT2D eigenvalue weighted by molar-refractivity contribution is 7.89. The number of rotatable bonds is 6. The van der Waals surface area contributed by atoms with E-state index in [2.05, 4.69) is 15.0 Å². The summed E-state index contributed by atoms with van der Waals surface area (Å²) in [6, 6.07) is 8.98. The van der Waals surface area contributed by atoms with Crippen LogP contribution in [0.1, 0.15) is 55.6 Å². The maximum atomic E-state index is 13.3. The van der Waals surface area contributed by atoms with Crippen LogP contribution in [0.4, 0.5) is 17.6 Å². The van der Waals surface area contributed by atoms with Crippen LogP contribution in [0, 0.1) is 18.7 Å². The van der Waals surface area contributed by atoms with E-state index in [1.165, 1.54) is 37.3 Å². The molecule has 1 atom stereocenters. The second-order valence-electron chi connectivity index (χ2n) is 9.05. The lowest BCUT2D eigenvalue weighted by molar-refractivity contribution is -0.141. The Kier molecular flexibility index (Phi) is 7.11. The Bertz CT molecular complexity index is 1360. The molecule has 0 spiro atoms. The quantitative estimate of drug-likeness (QED) is 0.462. The number of aromatic nitrogens is 2. The fourth-order valence-corrected chi connectivity index (χ4v) is 6.13. The summed E-state index contributed by atoms with van der Waals surface area (Å²) in [5, 5.41) is 2.59. The smallest absolute Gasteiger partial charge is 0.349 e. The Morgan fingerprint density at radius 1 is 1.08 bits per heavy atom. The van der Waals surface area contributed by atoms with Crippen LogP contribution in [0.15, 0.2) is 47.5 Å². The summed E-state index contributed by atoms with van der Waals surface area (Å²) < 4.78 is 82.8. The van der Waals surface area contributed by atoms with Crippen molar-refractivity contribution in [3.63, 3.8) is 0 Å². The number of carbonyl (C=O) groups is 1. The van der Waals surface area contributed by atoms with Gasteiger partial charge in [0.2, 0.25) is 5.91 Å². The number of nitrogens with one attached hydrogen (secondary N) is 2. The molecule has 2 aromatic heterocycles. The summed E-state index contributed by atoms with van der Waals surface area (Å²) in [7, 11) is -4.16. The van der Waals surface area contributed by atoms with Gasteiger partial charge in [0, 0.05) is 12.0 Å². The summed E-state index contributed by atoms with van der Waals surface area (Å²) >= 11 is 0. The largest absolute Gasteiger partial charge is 0.435 e. The van der Waals surface area contributed by atoms with Crippen LogP contribution in [0.25, 0.3) is 5.65 Å². The van der Waals surface area contributed by atoms with Crippen LogP contribution in [0.2, 0.25) is 0 Å². The van der Waals surface area contributed by atoms with E-state index in [0.29, 0.717) is 25.7 Å². The number of amides is 1. The van der Waals surface area contributed by atoms with Crippen LogP contribution in [-0.4, -0.2) is 29.8 Å². The number of carbonyl (C=O) groups excluding carboxylic acids is 1. The average molecular weight is 527 g/mol. The third kappa shape index (κ3) is 5.39. The molecule has 3 aromatic rings. The van der Waals surface area contributed by atoms with Crippen molar-refractivity contribution in [1.82, 2.24) is 19.4 Å². The molecule has 1 aliphatic rings. The highest BCUT2D eigenvalue weighted by Gasteiger charge is 2.38. The van der Waals surface area contributed by atoms with Gasteiger partial charge in [-0.05, 0) is 69.4 Å². The number of fused-ring (bicyclic) bond motifs is 1. The highest BCUT2D eigenvalue weighted by atomic mass is 32.2. The lowest BCUT2D eigenvalue weighted by Gasteiger charge is -2.29. The summed E-state index contributed by atoms with van der Waals surface area (Å²) in [5.41, 5.74) is -0.789. The fourth-order valence-electron chi connectivity index (χ4n) is 4.60. The molecule has 0 saturated heterocycles. The van der Waals surface area contributed by atoms with Gasteiger partial charge in [0.25, 0.3) is 10.0 Å².